The normalized spacial score (nSPS) is 13.2. The van der Waals surface area contributed by atoms with Crippen molar-refractivity contribution in [2.45, 2.75) is 38.8 Å². The molecule has 1 aromatic rings. The van der Waals surface area contributed by atoms with Crippen molar-refractivity contribution < 1.29 is 23.1 Å². The van der Waals surface area contributed by atoms with E-state index in [4.69, 9.17) is 5.11 Å². The number of carbonyl (C=O) groups is 1. The van der Waals surface area contributed by atoms with Gasteiger partial charge in [-0.1, -0.05) is 13.3 Å². The van der Waals surface area contributed by atoms with Crippen LogP contribution in [0.3, 0.4) is 0 Å². The Morgan fingerprint density at radius 1 is 1.45 bits per heavy atom. The van der Waals surface area contributed by atoms with E-state index in [1.807, 2.05) is 6.92 Å². The number of nitrogens with one attached hydrogen (secondary N) is 1. The fourth-order valence-electron chi connectivity index (χ4n) is 1.67. The van der Waals surface area contributed by atoms with Crippen LogP contribution in [0.1, 0.15) is 38.4 Å². The molecular formula is C11H16F3N3O2S. The summed E-state index contributed by atoms with van der Waals surface area (Å²) in [5.74, 6) is -1.74. The molecule has 0 bridgehead atoms. The molecule has 0 spiro atoms. The molecule has 5 nitrogen and oxygen atoms in total. The molecule has 1 unspecified atom stereocenters. The number of aliphatic carboxylic acids is 1. The number of aromatic nitrogens is 2. The lowest BCUT2D eigenvalue weighted by atomic mass is 9.97. The number of hydrogen-bond donors (Lipinski definition) is 2. The highest BCUT2D eigenvalue weighted by Crippen LogP contribution is 2.29. The molecule has 9 heteroatoms. The largest absolute Gasteiger partial charge is 0.481 e. The second-order valence-electron chi connectivity index (χ2n) is 4.34. The van der Waals surface area contributed by atoms with Gasteiger partial charge in [-0.15, -0.1) is 0 Å². The van der Waals surface area contributed by atoms with Gasteiger partial charge in [0.15, 0.2) is 0 Å². The Morgan fingerprint density at radius 3 is 2.65 bits per heavy atom. The van der Waals surface area contributed by atoms with Crippen molar-refractivity contribution in [3.05, 3.63) is 5.82 Å². The van der Waals surface area contributed by atoms with Gasteiger partial charge in [0, 0.05) is 24.5 Å². The van der Waals surface area contributed by atoms with Crippen LogP contribution in [0.2, 0.25) is 0 Å². The summed E-state index contributed by atoms with van der Waals surface area (Å²) in [6.07, 6.45) is -2.33. The Kier molecular flexibility index (Phi) is 6.18. The number of halogens is 3. The molecule has 0 aliphatic carbocycles. The van der Waals surface area contributed by atoms with Crippen molar-refractivity contribution in [1.29, 1.82) is 0 Å². The molecule has 1 heterocycles. The number of nitrogens with zero attached hydrogens (tertiary/aromatic N) is 2. The van der Waals surface area contributed by atoms with Gasteiger partial charge in [0.1, 0.15) is 0 Å². The van der Waals surface area contributed by atoms with Crippen molar-refractivity contribution in [1.82, 2.24) is 9.36 Å². The average Bonchev–Trinajstić information content (AvgIpc) is 2.81. The lowest BCUT2D eigenvalue weighted by Gasteiger charge is -2.13. The van der Waals surface area contributed by atoms with Gasteiger partial charge in [-0.05, 0) is 18.8 Å². The van der Waals surface area contributed by atoms with Crippen LogP contribution in [0, 0.1) is 5.92 Å². The zero-order valence-electron chi connectivity index (χ0n) is 10.9. The third kappa shape index (κ3) is 5.72. The van der Waals surface area contributed by atoms with Gasteiger partial charge < -0.3 is 10.4 Å². The van der Waals surface area contributed by atoms with E-state index >= 15 is 0 Å². The Morgan fingerprint density at radius 2 is 2.15 bits per heavy atom. The summed E-state index contributed by atoms with van der Waals surface area (Å²) >= 11 is 0.668. The van der Waals surface area contributed by atoms with Crippen molar-refractivity contribution in [3.8, 4) is 0 Å². The summed E-state index contributed by atoms with van der Waals surface area (Å²) in [5.41, 5.74) is 0. The molecule has 0 amide bonds. The minimum atomic E-state index is -4.52. The van der Waals surface area contributed by atoms with Crippen molar-refractivity contribution in [2.75, 3.05) is 11.9 Å². The molecule has 1 aromatic heterocycles. The van der Waals surface area contributed by atoms with E-state index in [1.54, 1.807) is 0 Å². The molecule has 0 aliphatic rings. The van der Waals surface area contributed by atoms with E-state index in [-0.39, 0.29) is 17.5 Å². The quantitative estimate of drug-likeness (QED) is 0.771. The highest BCUT2D eigenvalue weighted by Gasteiger charge is 2.36. The van der Waals surface area contributed by atoms with E-state index in [9.17, 15) is 18.0 Å². The van der Waals surface area contributed by atoms with E-state index in [0.717, 1.165) is 6.42 Å². The Bertz CT molecular complexity index is 437. The summed E-state index contributed by atoms with van der Waals surface area (Å²) < 4.78 is 40.1. The third-order valence-corrected chi connectivity index (χ3v) is 3.52. The van der Waals surface area contributed by atoms with E-state index in [2.05, 4.69) is 14.7 Å². The lowest BCUT2D eigenvalue weighted by molar-refractivity contribution is -0.144. The predicted molar refractivity (Wildman–Crippen MR) is 68.7 cm³/mol. The predicted octanol–water partition coefficient (Wildman–Crippen LogP) is 3.25. The molecule has 0 saturated carbocycles. The van der Waals surface area contributed by atoms with Crippen LogP contribution in [-0.4, -0.2) is 27.0 Å². The third-order valence-electron chi connectivity index (χ3n) is 2.85. The molecule has 1 atom stereocenters. The molecular weight excluding hydrogens is 295 g/mol. The standard InChI is InChI=1S/C11H16F3N3O2S/c1-2-7(3-4-8(18)19)5-6-15-10-16-9(17-20-10)11(12,13)14/h7H,2-6H2,1H3,(H,18,19)(H,15,16,17). The first-order valence-corrected chi connectivity index (χ1v) is 6.96. The van der Waals surface area contributed by atoms with Crippen LogP contribution in [0.25, 0.3) is 0 Å². The number of carboxylic acid groups (broad SMARTS) is 1. The minimum absolute atomic E-state index is 0.107. The lowest BCUT2D eigenvalue weighted by Crippen LogP contribution is -2.11. The molecule has 0 radical (unpaired) electrons. The Labute approximate surface area is 118 Å². The summed E-state index contributed by atoms with van der Waals surface area (Å²) in [7, 11) is 0. The van der Waals surface area contributed by atoms with Gasteiger partial charge in [-0.2, -0.15) is 22.5 Å². The monoisotopic (exact) mass is 311 g/mol. The summed E-state index contributed by atoms with van der Waals surface area (Å²) in [6.45, 7) is 2.41. The number of carboxylic acids is 1. The number of anilines is 1. The topological polar surface area (TPSA) is 75.1 Å². The van der Waals surface area contributed by atoms with Gasteiger partial charge in [0.25, 0.3) is 0 Å². The van der Waals surface area contributed by atoms with Gasteiger partial charge >= 0.3 is 12.1 Å². The van der Waals surface area contributed by atoms with Gasteiger partial charge in [0.05, 0.1) is 0 Å². The zero-order valence-corrected chi connectivity index (χ0v) is 11.7. The summed E-state index contributed by atoms with van der Waals surface area (Å²) in [5, 5.41) is 11.5. The minimum Gasteiger partial charge on any atom is -0.481 e. The highest BCUT2D eigenvalue weighted by molar-refractivity contribution is 7.09. The first-order valence-electron chi connectivity index (χ1n) is 6.19. The maximum absolute atomic E-state index is 12.3. The molecule has 0 fully saturated rings. The van der Waals surface area contributed by atoms with E-state index < -0.39 is 18.0 Å². The van der Waals surface area contributed by atoms with Crippen LogP contribution in [0.15, 0.2) is 0 Å². The maximum Gasteiger partial charge on any atom is 0.452 e. The Hall–Kier alpha value is -1.38. The van der Waals surface area contributed by atoms with Crippen LogP contribution in [0.4, 0.5) is 18.3 Å². The molecule has 0 saturated heterocycles. The molecule has 2 N–H and O–H groups in total. The van der Waals surface area contributed by atoms with E-state index in [1.165, 1.54) is 0 Å². The second-order valence-corrected chi connectivity index (χ2v) is 5.09. The molecule has 20 heavy (non-hydrogen) atoms. The highest BCUT2D eigenvalue weighted by atomic mass is 32.1. The smallest absolute Gasteiger partial charge is 0.452 e. The Balaban J connectivity index is 2.35. The van der Waals surface area contributed by atoms with Gasteiger partial charge in [-0.3, -0.25) is 4.79 Å². The number of alkyl halides is 3. The van der Waals surface area contributed by atoms with Gasteiger partial charge in [0.2, 0.25) is 11.0 Å². The van der Waals surface area contributed by atoms with Crippen molar-refractivity contribution in [2.24, 2.45) is 5.92 Å². The van der Waals surface area contributed by atoms with Crippen molar-refractivity contribution >= 4 is 22.6 Å². The SMILES string of the molecule is CCC(CCNc1nc(C(F)(F)F)ns1)CCC(=O)O. The molecule has 0 aliphatic heterocycles. The van der Waals surface area contributed by atoms with Crippen molar-refractivity contribution in [3.63, 3.8) is 0 Å². The second kappa shape index (κ2) is 7.41. The maximum atomic E-state index is 12.3. The van der Waals surface area contributed by atoms with Crippen LogP contribution in [-0.2, 0) is 11.0 Å². The fraction of sp³-hybridized carbons (Fsp3) is 0.727. The van der Waals surface area contributed by atoms with Crippen LogP contribution >= 0.6 is 11.5 Å². The number of rotatable bonds is 8. The molecule has 1 rings (SSSR count). The van der Waals surface area contributed by atoms with Crippen LogP contribution < -0.4 is 5.32 Å². The van der Waals surface area contributed by atoms with Crippen LogP contribution in [0.5, 0.6) is 0 Å². The van der Waals surface area contributed by atoms with Gasteiger partial charge in [-0.25, -0.2) is 0 Å². The molecule has 114 valence electrons. The summed E-state index contributed by atoms with van der Waals surface area (Å²) in [4.78, 5) is 13.8. The number of hydrogen-bond acceptors (Lipinski definition) is 5. The molecule has 0 aromatic carbocycles. The first-order chi connectivity index (χ1) is 9.32. The first kappa shape index (κ1) is 16.7. The summed E-state index contributed by atoms with van der Waals surface area (Å²) in [6, 6.07) is 0. The van der Waals surface area contributed by atoms with E-state index in [0.29, 0.717) is 30.9 Å². The fourth-order valence-corrected chi connectivity index (χ4v) is 2.29. The zero-order chi connectivity index (χ0) is 15.2. The average molecular weight is 311 g/mol.